The average molecular weight is 475 g/mol. The van der Waals surface area contributed by atoms with E-state index in [1.165, 1.54) is 11.3 Å². The molecule has 1 amide bonds. The molecule has 1 atom stereocenters. The molecule has 172 valence electrons. The Hall–Kier alpha value is -2.23. The molecule has 0 radical (unpaired) electrons. The number of piperidine rings is 1. The van der Waals surface area contributed by atoms with Crippen LogP contribution in [-0.4, -0.2) is 41.7 Å². The molecular formula is C23H30N4O3S2. The number of amides is 1. The number of nitrogens with zero attached hydrogens (tertiary/aromatic N) is 2. The average Bonchev–Trinajstić information content (AvgIpc) is 3.41. The zero-order valence-corrected chi connectivity index (χ0v) is 20.1. The molecule has 9 heteroatoms. The zero-order chi connectivity index (χ0) is 22.7. The van der Waals surface area contributed by atoms with E-state index in [1.807, 2.05) is 24.3 Å². The first kappa shape index (κ1) is 22.9. The summed E-state index contributed by atoms with van der Waals surface area (Å²) in [5.74, 6) is 0.976. The summed E-state index contributed by atoms with van der Waals surface area (Å²) in [4.78, 5) is 21.6. The Kier molecular flexibility index (Phi) is 6.97. The minimum absolute atomic E-state index is 0.139. The summed E-state index contributed by atoms with van der Waals surface area (Å²) in [6.45, 7) is 5.37. The number of carbonyl (C=O) groups excluding carboxylic acids is 1. The van der Waals surface area contributed by atoms with Crippen molar-refractivity contribution in [1.82, 2.24) is 19.6 Å². The van der Waals surface area contributed by atoms with E-state index in [4.69, 9.17) is 0 Å². The number of aromatic nitrogens is 2. The largest absolute Gasteiger partial charge is 0.346 e. The number of H-pyrrole nitrogens is 1. The van der Waals surface area contributed by atoms with Crippen LogP contribution in [0.3, 0.4) is 0 Å². The summed E-state index contributed by atoms with van der Waals surface area (Å²) in [5.41, 5.74) is 1.81. The summed E-state index contributed by atoms with van der Waals surface area (Å²) < 4.78 is 27.6. The molecule has 1 aliphatic heterocycles. The van der Waals surface area contributed by atoms with Crippen molar-refractivity contribution in [2.45, 2.75) is 56.2 Å². The molecular weight excluding hydrogens is 444 g/mol. The number of rotatable bonds is 8. The molecule has 3 heterocycles. The predicted molar refractivity (Wildman–Crippen MR) is 127 cm³/mol. The molecule has 0 bridgehead atoms. The van der Waals surface area contributed by atoms with E-state index in [1.54, 1.807) is 16.4 Å². The van der Waals surface area contributed by atoms with E-state index in [-0.39, 0.29) is 18.4 Å². The normalized spacial score (nSPS) is 16.5. The van der Waals surface area contributed by atoms with Gasteiger partial charge in [0.05, 0.1) is 23.5 Å². The van der Waals surface area contributed by atoms with Crippen molar-refractivity contribution in [3.05, 3.63) is 47.1 Å². The van der Waals surface area contributed by atoms with Gasteiger partial charge in [-0.1, -0.05) is 32.4 Å². The van der Waals surface area contributed by atoms with E-state index in [2.05, 4.69) is 29.1 Å². The maximum atomic E-state index is 12.9. The van der Waals surface area contributed by atoms with Crippen LogP contribution in [0.2, 0.25) is 0 Å². The highest BCUT2D eigenvalue weighted by molar-refractivity contribution is 7.91. The van der Waals surface area contributed by atoms with Crippen molar-refractivity contribution in [3.8, 4) is 0 Å². The van der Waals surface area contributed by atoms with Gasteiger partial charge in [0.25, 0.3) is 10.0 Å². The van der Waals surface area contributed by atoms with Gasteiger partial charge in [-0.3, -0.25) is 4.79 Å². The molecule has 1 saturated heterocycles. The van der Waals surface area contributed by atoms with E-state index in [0.717, 1.165) is 47.4 Å². The Bertz CT molecular complexity index is 1140. The standard InChI is InChI=1S/C23H30N4O3S2/c1-16(2)14-20(23-25-18-8-4-5-9-19(18)26-23)24-21(28)15-17-10-11-22(31-17)32(29,30)27-12-6-3-7-13-27/h4-5,8-11,16,20H,3,6-7,12-15H2,1-2H3,(H,24,28)(H,25,26). The van der Waals surface area contributed by atoms with Gasteiger partial charge in [-0.2, -0.15) is 4.31 Å². The van der Waals surface area contributed by atoms with Crippen molar-refractivity contribution < 1.29 is 13.2 Å². The van der Waals surface area contributed by atoms with Crippen LogP contribution in [0.1, 0.15) is 56.3 Å². The molecule has 32 heavy (non-hydrogen) atoms. The summed E-state index contributed by atoms with van der Waals surface area (Å²) in [6.07, 6.45) is 3.78. The number of imidazole rings is 1. The fourth-order valence-electron chi connectivity index (χ4n) is 4.08. The molecule has 2 aromatic heterocycles. The van der Waals surface area contributed by atoms with E-state index in [9.17, 15) is 13.2 Å². The second-order valence-electron chi connectivity index (χ2n) is 8.75. The van der Waals surface area contributed by atoms with Crippen LogP contribution >= 0.6 is 11.3 Å². The van der Waals surface area contributed by atoms with Gasteiger partial charge in [0, 0.05) is 18.0 Å². The number of nitrogens with one attached hydrogen (secondary N) is 2. The van der Waals surface area contributed by atoms with Gasteiger partial charge in [-0.15, -0.1) is 11.3 Å². The molecule has 4 rings (SSSR count). The smallest absolute Gasteiger partial charge is 0.252 e. The summed E-state index contributed by atoms with van der Waals surface area (Å²) >= 11 is 1.19. The zero-order valence-electron chi connectivity index (χ0n) is 18.5. The van der Waals surface area contributed by atoms with Gasteiger partial charge in [0.2, 0.25) is 5.91 Å². The van der Waals surface area contributed by atoms with Gasteiger partial charge in [0.1, 0.15) is 10.0 Å². The molecule has 1 aliphatic rings. The van der Waals surface area contributed by atoms with Gasteiger partial charge in [-0.05, 0) is 49.4 Å². The number of fused-ring (bicyclic) bond motifs is 1. The summed E-state index contributed by atoms with van der Waals surface area (Å²) in [7, 11) is -3.47. The van der Waals surface area contributed by atoms with Crippen LogP contribution in [0.15, 0.2) is 40.6 Å². The number of thiophene rings is 1. The number of para-hydroxylation sites is 2. The highest BCUT2D eigenvalue weighted by Crippen LogP contribution is 2.28. The minimum atomic E-state index is -3.47. The maximum Gasteiger partial charge on any atom is 0.252 e. The van der Waals surface area contributed by atoms with Gasteiger partial charge < -0.3 is 10.3 Å². The predicted octanol–water partition coefficient (Wildman–Crippen LogP) is 4.25. The van der Waals surface area contributed by atoms with Gasteiger partial charge in [-0.25, -0.2) is 13.4 Å². The molecule has 2 N–H and O–H groups in total. The fraction of sp³-hybridized carbons (Fsp3) is 0.478. The molecule has 0 saturated carbocycles. The fourth-order valence-corrected chi connectivity index (χ4v) is 7.10. The number of sulfonamides is 1. The first-order valence-electron chi connectivity index (χ1n) is 11.2. The Morgan fingerprint density at radius 1 is 1.16 bits per heavy atom. The van der Waals surface area contributed by atoms with Crippen LogP contribution in [-0.2, 0) is 21.2 Å². The minimum Gasteiger partial charge on any atom is -0.346 e. The highest BCUT2D eigenvalue weighted by atomic mass is 32.2. The molecule has 0 aliphatic carbocycles. The van der Waals surface area contributed by atoms with Crippen molar-refractivity contribution in [1.29, 1.82) is 0 Å². The Morgan fingerprint density at radius 2 is 1.91 bits per heavy atom. The van der Waals surface area contributed by atoms with Crippen molar-refractivity contribution >= 4 is 38.3 Å². The van der Waals surface area contributed by atoms with Gasteiger partial charge in [0.15, 0.2) is 0 Å². The molecule has 1 unspecified atom stereocenters. The molecule has 1 aromatic carbocycles. The molecule has 1 fully saturated rings. The quantitative estimate of drug-likeness (QED) is 0.510. The number of aromatic amines is 1. The molecule has 0 spiro atoms. The lowest BCUT2D eigenvalue weighted by Gasteiger charge is -2.25. The van der Waals surface area contributed by atoms with E-state index in [0.29, 0.717) is 23.2 Å². The second kappa shape index (κ2) is 9.72. The van der Waals surface area contributed by atoms with Crippen LogP contribution < -0.4 is 5.32 Å². The lowest BCUT2D eigenvalue weighted by atomic mass is 10.0. The highest BCUT2D eigenvalue weighted by Gasteiger charge is 2.28. The first-order chi connectivity index (χ1) is 15.3. The number of hydrogen-bond donors (Lipinski definition) is 2. The number of carbonyl (C=O) groups is 1. The van der Waals surface area contributed by atoms with Gasteiger partial charge >= 0.3 is 0 Å². The Morgan fingerprint density at radius 3 is 2.62 bits per heavy atom. The summed E-state index contributed by atoms with van der Waals surface area (Å²) in [6, 6.07) is 10.9. The van der Waals surface area contributed by atoms with Crippen LogP contribution in [0.5, 0.6) is 0 Å². The lowest BCUT2D eigenvalue weighted by molar-refractivity contribution is -0.121. The first-order valence-corrected chi connectivity index (χ1v) is 13.4. The Labute approximate surface area is 193 Å². The van der Waals surface area contributed by atoms with Crippen LogP contribution in [0.25, 0.3) is 11.0 Å². The molecule has 7 nitrogen and oxygen atoms in total. The SMILES string of the molecule is CC(C)CC(NC(=O)Cc1ccc(S(=O)(=O)N2CCCCC2)s1)c1nc2ccccc2[nH]1. The Balaban J connectivity index is 1.45. The van der Waals surface area contributed by atoms with Crippen molar-refractivity contribution in [2.75, 3.05) is 13.1 Å². The van der Waals surface area contributed by atoms with Crippen LogP contribution in [0.4, 0.5) is 0 Å². The monoisotopic (exact) mass is 474 g/mol. The van der Waals surface area contributed by atoms with Crippen molar-refractivity contribution in [2.24, 2.45) is 5.92 Å². The van der Waals surface area contributed by atoms with Crippen molar-refractivity contribution in [3.63, 3.8) is 0 Å². The third kappa shape index (κ3) is 5.22. The lowest BCUT2D eigenvalue weighted by Crippen LogP contribution is -2.35. The number of benzene rings is 1. The second-order valence-corrected chi connectivity index (χ2v) is 12.1. The number of hydrogen-bond acceptors (Lipinski definition) is 5. The third-order valence-electron chi connectivity index (χ3n) is 5.66. The topological polar surface area (TPSA) is 95.2 Å². The maximum absolute atomic E-state index is 12.9. The van der Waals surface area contributed by atoms with E-state index >= 15 is 0 Å². The third-order valence-corrected chi connectivity index (χ3v) is 9.11. The van der Waals surface area contributed by atoms with E-state index < -0.39 is 10.0 Å². The molecule has 3 aromatic rings. The summed E-state index contributed by atoms with van der Waals surface area (Å²) in [5, 5.41) is 3.10. The van der Waals surface area contributed by atoms with Crippen LogP contribution in [0, 0.1) is 5.92 Å².